The van der Waals surface area contributed by atoms with Gasteiger partial charge in [0.1, 0.15) is 5.69 Å². The zero-order valence-corrected chi connectivity index (χ0v) is 14.4. The second-order valence-corrected chi connectivity index (χ2v) is 7.69. The molecule has 0 bridgehead atoms. The molecule has 2 heterocycles. The second-order valence-electron chi connectivity index (χ2n) is 7.69. The van der Waals surface area contributed by atoms with E-state index in [1.54, 1.807) is 0 Å². The maximum atomic E-state index is 12.9. The molecule has 1 aromatic heterocycles. The molecule has 4 nitrogen and oxygen atoms in total. The van der Waals surface area contributed by atoms with Crippen molar-refractivity contribution in [2.24, 2.45) is 5.41 Å². The van der Waals surface area contributed by atoms with Crippen LogP contribution in [0.4, 0.5) is 0 Å². The van der Waals surface area contributed by atoms with Crippen molar-refractivity contribution in [2.75, 3.05) is 13.1 Å². The minimum Gasteiger partial charge on any atom is -0.393 e. The molecule has 1 aromatic carbocycles. The molecule has 2 aromatic rings. The topological polar surface area (TPSA) is 56.3 Å². The molecule has 124 valence electrons. The second kappa shape index (κ2) is 5.68. The highest BCUT2D eigenvalue weighted by molar-refractivity contribution is 5.99. The summed E-state index contributed by atoms with van der Waals surface area (Å²) in [5, 5.41) is 11.1. The van der Waals surface area contributed by atoms with Gasteiger partial charge in [-0.05, 0) is 55.4 Å². The third-order valence-corrected chi connectivity index (χ3v) is 5.00. The number of carbonyl (C=O) groups is 1. The quantitative estimate of drug-likeness (QED) is 0.847. The molecule has 0 radical (unpaired) electrons. The smallest absolute Gasteiger partial charge is 0.270 e. The van der Waals surface area contributed by atoms with E-state index in [2.05, 4.69) is 38.7 Å². The molecular formula is C19H26N2O2. The Morgan fingerprint density at radius 1 is 1.35 bits per heavy atom. The first-order valence-electron chi connectivity index (χ1n) is 8.33. The number of hydrogen-bond acceptors (Lipinski definition) is 2. The van der Waals surface area contributed by atoms with Crippen molar-refractivity contribution in [3.05, 3.63) is 35.0 Å². The fourth-order valence-electron chi connectivity index (χ4n) is 3.62. The summed E-state index contributed by atoms with van der Waals surface area (Å²) in [7, 11) is 0. The average Bonchev–Trinajstić information content (AvgIpc) is 2.85. The Hall–Kier alpha value is -1.81. The van der Waals surface area contributed by atoms with E-state index in [0.717, 1.165) is 17.3 Å². The molecule has 1 saturated heterocycles. The number of aryl methyl sites for hydroxylation is 2. The van der Waals surface area contributed by atoms with Gasteiger partial charge in [0.25, 0.3) is 5.91 Å². The number of aliphatic hydroxyl groups is 1. The number of aliphatic hydroxyl groups excluding tert-OH is 1. The van der Waals surface area contributed by atoms with Crippen LogP contribution in [0.5, 0.6) is 0 Å². The summed E-state index contributed by atoms with van der Waals surface area (Å²) in [5.41, 5.74) is 4.02. The van der Waals surface area contributed by atoms with Crippen molar-refractivity contribution in [1.82, 2.24) is 9.88 Å². The fourth-order valence-corrected chi connectivity index (χ4v) is 3.62. The minimum absolute atomic E-state index is 0.0282. The highest BCUT2D eigenvalue weighted by atomic mass is 16.3. The van der Waals surface area contributed by atoms with E-state index in [1.165, 1.54) is 11.1 Å². The third kappa shape index (κ3) is 3.13. The van der Waals surface area contributed by atoms with Gasteiger partial charge in [-0.15, -0.1) is 0 Å². The third-order valence-electron chi connectivity index (χ3n) is 5.00. The fraction of sp³-hybridized carbons (Fsp3) is 0.526. The maximum Gasteiger partial charge on any atom is 0.270 e. The lowest BCUT2D eigenvalue weighted by Crippen LogP contribution is -2.37. The summed E-state index contributed by atoms with van der Waals surface area (Å²) in [4.78, 5) is 18.1. The highest BCUT2D eigenvalue weighted by Gasteiger charge is 2.32. The summed E-state index contributed by atoms with van der Waals surface area (Å²) in [6.07, 6.45) is 1.06. The number of rotatable bonds is 1. The standard InChI is InChI=1S/C19H26N2O2/c1-12-5-6-16-15(13(12)2)9-17(20-16)18(23)21-8-7-14(22)10-19(3,4)11-21/h5-6,9,14,20,22H,7-8,10-11H2,1-4H3. The number of H-pyrrole nitrogens is 1. The van der Waals surface area contributed by atoms with Crippen LogP contribution in [-0.4, -0.2) is 40.1 Å². The minimum atomic E-state index is -0.324. The van der Waals surface area contributed by atoms with Gasteiger partial charge in [-0.3, -0.25) is 4.79 Å². The van der Waals surface area contributed by atoms with Crippen LogP contribution in [0.15, 0.2) is 18.2 Å². The molecule has 1 atom stereocenters. The van der Waals surface area contributed by atoms with E-state index >= 15 is 0 Å². The first kappa shape index (κ1) is 16.1. The maximum absolute atomic E-state index is 12.9. The molecular weight excluding hydrogens is 288 g/mol. The van der Waals surface area contributed by atoms with Crippen LogP contribution in [0.2, 0.25) is 0 Å². The summed E-state index contributed by atoms with van der Waals surface area (Å²) in [6, 6.07) is 6.08. The Bertz CT molecular complexity index is 745. The van der Waals surface area contributed by atoms with Crippen molar-refractivity contribution < 1.29 is 9.90 Å². The predicted octanol–water partition coefficient (Wildman–Crippen LogP) is 3.41. The van der Waals surface area contributed by atoms with Crippen LogP contribution in [0.1, 0.15) is 48.3 Å². The van der Waals surface area contributed by atoms with Crippen LogP contribution in [0.3, 0.4) is 0 Å². The average molecular weight is 314 g/mol. The molecule has 0 spiro atoms. The number of aromatic amines is 1. The number of hydrogen-bond donors (Lipinski definition) is 2. The molecule has 3 rings (SSSR count). The van der Waals surface area contributed by atoms with Gasteiger partial charge >= 0.3 is 0 Å². The Labute approximate surface area is 137 Å². The Balaban J connectivity index is 1.92. The van der Waals surface area contributed by atoms with E-state index in [-0.39, 0.29) is 17.4 Å². The molecule has 2 N–H and O–H groups in total. The molecule has 0 saturated carbocycles. The number of nitrogens with zero attached hydrogens (tertiary/aromatic N) is 1. The van der Waals surface area contributed by atoms with Crippen molar-refractivity contribution in [3.63, 3.8) is 0 Å². The van der Waals surface area contributed by atoms with Crippen molar-refractivity contribution in [2.45, 2.75) is 46.6 Å². The van der Waals surface area contributed by atoms with Crippen molar-refractivity contribution >= 4 is 16.8 Å². The van der Waals surface area contributed by atoms with Gasteiger partial charge in [0, 0.05) is 24.0 Å². The van der Waals surface area contributed by atoms with E-state index in [0.29, 0.717) is 25.2 Å². The number of likely N-dealkylation sites (tertiary alicyclic amines) is 1. The number of carbonyl (C=O) groups excluding carboxylic acids is 1. The summed E-state index contributed by atoms with van der Waals surface area (Å²) in [6.45, 7) is 9.68. The lowest BCUT2D eigenvalue weighted by molar-refractivity contribution is 0.0700. The molecule has 1 aliphatic heterocycles. The van der Waals surface area contributed by atoms with E-state index < -0.39 is 0 Å². The first-order chi connectivity index (χ1) is 10.8. The molecule has 1 unspecified atom stereocenters. The van der Waals surface area contributed by atoms with Gasteiger partial charge in [-0.1, -0.05) is 19.9 Å². The SMILES string of the molecule is Cc1ccc2[nH]c(C(=O)N3CCC(O)CC(C)(C)C3)cc2c1C. The number of nitrogens with one attached hydrogen (secondary N) is 1. The van der Waals surface area contributed by atoms with Gasteiger partial charge in [0.15, 0.2) is 0 Å². The van der Waals surface area contributed by atoms with Crippen LogP contribution < -0.4 is 0 Å². The zero-order chi connectivity index (χ0) is 16.8. The summed E-state index contributed by atoms with van der Waals surface area (Å²) < 4.78 is 0. The highest BCUT2D eigenvalue weighted by Crippen LogP contribution is 2.30. The molecule has 1 aliphatic rings. The molecule has 1 amide bonds. The summed E-state index contributed by atoms with van der Waals surface area (Å²) in [5.74, 6) is 0.0282. The van der Waals surface area contributed by atoms with E-state index in [4.69, 9.17) is 0 Å². The monoisotopic (exact) mass is 314 g/mol. The summed E-state index contributed by atoms with van der Waals surface area (Å²) >= 11 is 0. The van der Waals surface area contributed by atoms with Crippen molar-refractivity contribution in [3.8, 4) is 0 Å². The lowest BCUT2D eigenvalue weighted by Gasteiger charge is -2.29. The van der Waals surface area contributed by atoms with E-state index in [1.807, 2.05) is 17.0 Å². The number of aromatic nitrogens is 1. The molecule has 4 heteroatoms. The largest absolute Gasteiger partial charge is 0.393 e. The number of amides is 1. The predicted molar refractivity (Wildman–Crippen MR) is 92.7 cm³/mol. The van der Waals surface area contributed by atoms with Crippen LogP contribution in [0, 0.1) is 19.3 Å². The van der Waals surface area contributed by atoms with Gasteiger partial charge in [-0.25, -0.2) is 0 Å². The van der Waals surface area contributed by atoms with Crippen LogP contribution >= 0.6 is 0 Å². The first-order valence-corrected chi connectivity index (χ1v) is 8.33. The zero-order valence-electron chi connectivity index (χ0n) is 14.4. The molecule has 1 fully saturated rings. The Kier molecular flexibility index (Phi) is 3.96. The van der Waals surface area contributed by atoms with Gasteiger partial charge < -0.3 is 15.0 Å². The molecule has 23 heavy (non-hydrogen) atoms. The van der Waals surface area contributed by atoms with Gasteiger partial charge in [-0.2, -0.15) is 0 Å². The Morgan fingerprint density at radius 2 is 2.09 bits per heavy atom. The van der Waals surface area contributed by atoms with Gasteiger partial charge in [0.2, 0.25) is 0 Å². The Morgan fingerprint density at radius 3 is 2.83 bits per heavy atom. The van der Waals surface area contributed by atoms with Crippen LogP contribution in [0.25, 0.3) is 10.9 Å². The lowest BCUT2D eigenvalue weighted by atomic mass is 9.87. The molecule has 0 aliphatic carbocycles. The van der Waals surface area contributed by atoms with Crippen LogP contribution in [-0.2, 0) is 0 Å². The van der Waals surface area contributed by atoms with Gasteiger partial charge in [0.05, 0.1) is 6.10 Å². The number of benzene rings is 1. The normalized spacial score (nSPS) is 21.4. The number of fused-ring (bicyclic) bond motifs is 1. The van der Waals surface area contributed by atoms with E-state index in [9.17, 15) is 9.90 Å². The van der Waals surface area contributed by atoms with Crippen molar-refractivity contribution in [1.29, 1.82) is 0 Å².